The molecule has 1 heterocycles. The Kier molecular flexibility index (Phi) is 8.66. The maximum atomic E-state index is 13.4. The first-order valence-electron chi connectivity index (χ1n) is 12.7. The number of carbonyl (C=O) groups is 3. The third kappa shape index (κ3) is 6.95. The molecule has 0 radical (unpaired) electrons. The molecule has 4 aromatic rings. The number of methoxy groups -OCH3 is 1. The zero-order valence-electron chi connectivity index (χ0n) is 22.1. The number of benzene rings is 4. The van der Waals surface area contributed by atoms with E-state index in [2.05, 4.69) is 10.6 Å². The van der Waals surface area contributed by atoms with Crippen molar-refractivity contribution in [3.63, 3.8) is 0 Å². The average molecular weight is 567 g/mol. The molecule has 2 N–H and O–H groups in total. The lowest BCUT2D eigenvalue weighted by Gasteiger charge is -2.13. The number of thioether (sulfide) groups is 1. The molecule has 0 atom stereocenters. The minimum absolute atomic E-state index is 0.0411. The van der Waals surface area contributed by atoms with E-state index in [1.807, 2.05) is 24.3 Å². The molecule has 2 amide bonds. The number of hydrogen-bond acceptors (Lipinski definition) is 7. The number of ketones is 1. The molecular formula is C32H26N2O6S. The highest BCUT2D eigenvalue weighted by molar-refractivity contribution is 8.00. The molecule has 41 heavy (non-hydrogen) atoms. The SMILES string of the molecule is COc1ccccc1/C=C(\NC(=O)c1ccccc1)C(=O)Nc1cccc(SCC(=O)c2ccc3c(c2)OCO3)c1. The Hall–Kier alpha value is -5.02. The minimum atomic E-state index is -0.515. The van der Waals surface area contributed by atoms with Crippen LogP contribution >= 0.6 is 11.8 Å². The van der Waals surface area contributed by atoms with Gasteiger partial charge in [0.05, 0.1) is 12.9 Å². The molecule has 0 saturated carbocycles. The largest absolute Gasteiger partial charge is 0.496 e. The van der Waals surface area contributed by atoms with Crippen molar-refractivity contribution >= 4 is 41.1 Å². The van der Waals surface area contributed by atoms with Crippen LogP contribution in [0.15, 0.2) is 108 Å². The monoisotopic (exact) mass is 566 g/mol. The van der Waals surface area contributed by atoms with Crippen molar-refractivity contribution in [1.29, 1.82) is 0 Å². The van der Waals surface area contributed by atoms with Gasteiger partial charge in [-0.3, -0.25) is 14.4 Å². The Morgan fingerprint density at radius 3 is 2.46 bits per heavy atom. The van der Waals surface area contributed by atoms with Crippen LogP contribution in [-0.2, 0) is 4.79 Å². The van der Waals surface area contributed by atoms with Crippen LogP contribution in [0, 0.1) is 0 Å². The van der Waals surface area contributed by atoms with E-state index in [0.29, 0.717) is 39.6 Å². The summed E-state index contributed by atoms with van der Waals surface area (Å²) in [6.07, 6.45) is 1.57. The van der Waals surface area contributed by atoms with E-state index in [0.717, 1.165) is 4.90 Å². The summed E-state index contributed by atoms with van der Waals surface area (Å²) in [5, 5.41) is 5.58. The number of nitrogens with one attached hydrogen (secondary N) is 2. The second kappa shape index (κ2) is 12.9. The number of fused-ring (bicyclic) bond motifs is 1. The number of anilines is 1. The van der Waals surface area contributed by atoms with Gasteiger partial charge in [0.25, 0.3) is 11.8 Å². The molecule has 0 bridgehead atoms. The summed E-state index contributed by atoms with van der Waals surface area (Å²) < 4.78 is 16.1. The Morgan fingerprint density at radius 1 is 0.854 bits per heavy atom. The summed E-state index contributed by atoms with van der Waals surface area (Å²) in [6, 6.07) is 28.1. The van der Waals surface area contributed by atoms with E-state index < -0.39 is 11.8 Å². The first-order valence-corrected chi connectivity index (χ1v) is 13.7. The number of amides is 2. The van der Waals surface area contributed by atoms with Gasteiger partial charge in [-0.05, 0) is 60.7 Å². The van der Waals surface area contributed by atoms with Gasteiger partial charge in [-0.1, -0.05) is 42.5 Å². The van der Waals surface area contributed by atoms with E-state index in [4.69, 9.17) is 14.2 Å². The zero-order valence-corrected chi connectivity index (χ0v) is 22.9. The molecule has 0 aliphatic carbocycles. The lowest BCUT2D eigenvalue weighted by atomic mass is 10.1. The molecular weight excluding hydrogens is 540 g/mol. The fraction of sp³-hybridized carbons (Fsp3) is 0.0938. The van der Waals surface area contributed by atoms with Crippen molar-refractivity contribution in [3.8, 4) is 17.2 Å². The van der Waals surface area contributed by atoms with Crippen LogP contribution < -0.4 is 24.8 Å². The molecule has 4 aromatic carbocycles. The summed E-state index contributed by atoms with van der Waals surface area (Å²) >= 11 is 1.35. The zero-order chi connectivity index (χ0) is 28.6. The predicted octanol–water partition coefficient (Wildman–Crippen LogP) is 5.81. The van der Waals surface area contributed by atoms with Crippen LogP contribution in [0.3, 0.4) is 0 Å². The summed E-state index contributed by atoms with van der Waals surface area (Å²) in [7, 11) is 1.54. The van der Waals surface area contributed by atoms with Gasteiger partial charge < -0.3 is 24.8 Å². The van der Waals surface area contributed by atoms with Crippen molar-refractivity contribution in [3.05, 3.63) is 119 Å². The van der Waals surface area contributed by atoms with Crippen LogP contribution in [0.2, 0.25) is 0 Å². The second-order valence-electron chi connectivity index (χ2n) is 8.88. The van der Waals surface area contributed by atoms with Crippen LogP contribution in [0.1, 0.15) is 26.3 Å². The van der Waals surface area contributed by atoms with Crippen LogP contribution in [-0.4, -0.2) is 37.3 Å². The van der Waals surface area contributed by atoms with Crippen LogP contribution in [0.25, 0.3) is 6.08 Å². The average Bonchev–Trinajstić information content (AvgIpc) is 3.48. The first kappa shape index (κ1) is 27.5. The molecule has 8 nitrogen and oxygen atoms in total. The number of para-hydroxylation sites is 1. The normalized spacial score (nSPS) is 12.0. The summed E-state index contributed by atoms with van der Waals surface area (Å²) in [6.45, 7) is 0.145. The summed E-state index contributed by atoms with van der Waals surface area (Å²) in [5.74, 6) is 0.930. The van der Waals surface area contributed by atoms with E-state index in [9.17, 15) is 14.4 Å². The fourth-order valence-corrected chi connectivity index (χ4v) is 4.90. The first-order chi connectivity index (χ1) is 20.0. The summed E-state index contributed by atoms with van der Waals surface area (Å²) in [5.41, 5.74) is 2.12. The maximum Gasteiger partial charge on any atom is 0.272 e. The van der Waals surface area contributed by atoms with Gasteiger partial charge in [0.1, 0.15) is 11.4 Å². The molecule has 9 heteroatoms. The fourth-order valence-electron chi connectivity index (χ4n) is 4.05. The predicted molar refractivity (Wildman–Crippen MR) is 158 cm³/mol. The Bertz CT molecular complexity index is 1620. The van der Waals surface area contributed by atoms with Crippen molar-refractivity contribution in [1.82, 2.24) is 5.32 Å². The molecule has 0 unspecified atom stereocenters. The lowest BCUT2D eigenvalue weighted by Crippen LogP contribution is -2.30. The second-order valence-corrected chi connectivity index (χ2v) is 9.93. The third-order valence-electron chi connectivity index (χ3n) is 6.12. The Labute approximate surface area is 241 Å². The van der Waals surface area contributed by atoms with Crippen molar-refractivity contribution < 1.29 is 28.6 Å². The molecule has 1 aliphatic rings. The maximum absolute atomic E-state index is 13.4. The van der Waals surface area contributed by atoms with E-state index in [1.165, 1.54) is 18.9 Å². The van der Waals surface area contributed by atoms with Gasteiger partial charge in [0, 0.05) is 27.3 Å². The molecule has 0 aromatic heterocycles. The van der Waals surface area contributed by atoms with E-state index in [1.54, 1.807) is 78.9 Å². The standard InChI is InChI=1S/C32H26N2O6S/c1-38-28-13-6-5-10-23(28)16-26(34-31(36)21-8-3-2-4-9-21)32(37)33-24-11-7-12-25(18-24)41-19-27(35)22-14-15-29-30(17-22)40-20-39-29/h2-18H,19-20H2,1H3,(H,33,37)(H,34,36)/b26-16-. The highest BCUT2D eigenvalue weighted by Crippen LogP contribution is 2.33. The van der Waals surface area contributed by atoms with Crippen molar-refractivity contribution in [2.24, 2.45) is 0 Å². The van der Waals surface area contributed by atoms with Gasteiger partial charge in [0.2, 0.25) is 6.79 Å². The van der Waals surface area contributed by atoms with Crippen molar-refractivity contribution in [2.75, 3.05) is 25.0 Å². The molecule has 206 valence electrons. The molecule has 0 saturated heterocycles. The van der Waals surface area contributed by atoms with E-state index >= 15 is 0 Å². The quantitative estimate of drug-likeness (QED) is 0.142. The third-order valence-corrected chi connectivity index (χ3v) is 7.12. The highest BCUT2D eigenvalue weighted by Gasteiger charge is 2.18. The molecule has 0 fully saturated rings. The van der Waals surface area contributed by atoms with Crippen LogP contribution in [0.5, 0.6) is 17.2 Å². The smallest absolute Gasteiger partial charge is 0.272 e. The number of Topliss-reactive ketones (excluding diaryl/α,β-unsaturated/α-hetero) is 1. The van der Waals surface area contributed by atoms with Crippen molar-refractivity contribution in [2.45, 2.75) is 4.90 Å². The lowest BCUT2D eigenvalue weighted by molar-refractivity contribution is -0.113. The molecule has 0 spiro atoms. The Morgan fingerprint density at radius 2 is 1.63 bits per heavy atom. The van der Waals surface area contributed by atoms with Gasteiger partial charge >= 0.3 is 0 Å². The van der Waals surface area contributed by atoms with Gasteiger partial charge in [-0.25, -0.2) is 0 Å². The van der Waals surface area contributed by atoms with Crippen LogP contribution in [0.4, 0.5) is 5.69 Å². The van der Waals surface area contributed by atoms with Gasteiger partial charge in [-0.2, -0.15) is 0 Å². The minimum Gasteiger partial charge on any atom is -0.496 e. The molecule has 1 aliphatic heterocycles. The van der Waals surface area contributed by atoms with Gasteiger partial charge in [0.15, 0.2) is 17.3 Å². The number of ether oxygens (including phenoxy) is 3. The highest BCUT2D eigenvalue weighted by atomic mass is 32.2. The number of hydrogen-bond donors (Lipinski definition) is 2. The van der Waals surface area contributed by atoms with E-state index in [-0.39, 0.29) is 24.0 Å². The summed E-state index contributed by atoms with van der Waals surface area (Å²) in [4.78, 5) is 39.9. The van der Waals surface area contributed by atoms with Gasteiger partial charge in [-0.15, -0.1) is 11.8 Å². The number of rotatable bonds is 10. The molecule has 5 rings (SSSR count). The number of carbonyl (C=O) groups excluding carboxylic acids is 3. The topological polar surface area (TPSA) is 103 Å². The Balaban J connectivity index is 1.30.